The lowest BCUT2D eigenvalue weighted by Gasteiger charge is -2.26. The quantitative estimate of drug-likeness (QED) is 0.872. The first kappa shape index (κ1) is 15.2. The highest BCUT2D eigenvalue weighted by molar-refractivity contribution is 9.10. The number of nitrogens with one attached hydrogen (secondary N) is 2. The molecule has 0 saturated carbocycles. The highest BCUT2D eigenvalue weighted by Gasteiger charge is 2.13. The van der Waals surface area contributed by atoms with Crippen molar-refractivity contribution in [1.29, 1.82) is 0 Å². The first-order chi connectivity index (χ1) is 10.7. The standard InChI is InChI=1S/C15H17BrN4O2/c16-13-9-17-19-14(13)15(21)18-12-3-1-2-11(8-12)10-20-4-6-22-7-5-20/h1-3,8-9H,4-7,10H2,(H,17,19)(H,18,21). The second-order valence-electron chi connectivity index (χ2n) is 5.14. The number of aromatic nitrogens is 2. The van der Waals surface area contributed by atoms with Crippen molar-refractivity contribution in [1.82, 2.24) is 15.1 Å². The average molecular weight is 365 g/mol. The average Bonchev–Trinajstić information content (AvgIpc) is 2.95. The number of ether oxygens (including phenoxy) is 1. The van der Waals surface area contributed by atoms with Gasteiger partial charge in [-0.2, -0.15) is 5.10 Å². The molecule has 1 saturated heterocycles. The van der Waals surface area contributed by atoms with Crippen LogP contribution in [0.5, 0.6) is 0 Å². The summed E-state index contributed by atoms with van der Waals surface area (Å²) in [5.74, 6) is -0.215. The van der Waals surface area contributed by atoms with E-state index >= 15 is 0 Å². The number of benzene rings is 1. The largest absolute Gasteiger partial charge is 0.379 e. The van der Waals surface area contributed by atoms with E-state index in [9.17, 15) is 4.79 Å². The molecule has 0 bridgehead atoms. The van der Waals surface area contributed by atoms with Crippen molar-refractivity contribution in [3.05, 3.63) is 46.2 Å². The Labute approximate surface area is 137 Å². The maximum atomic E-state index is 12.2. The zero-order valence-corrected chi connectivity index (χ0v) is 13.6. The van der Waals surface area contributed by atoms with Crippen LogP contribution in [0.3, 0.4) is 0 Å². The van der Waals surface area contributed by atoms with Crippen LogP contribution in [0.15, 0.2) is 34.9 Å². The van der Waals surface area contributed by atoms with E-state index in [1.807, 2.05) is 18.2 Å². The van der Waals surface area contributed by atoms with Crippen LogP contribution in [0.2, 0.25) is 0 Å². The van der Waals surface area contributed by atoms with E-state index in [0.717, 1.165) is 38.5 Å². The normalized spacial score (nSPS) is 15.7. The number of carbonyl (C=O) groups excluding carboxylic acids is 1. The summed E-state index contributed by atoms with van der Waals surface area (Å²) in [5.41, 5.74) is 2.36. The van der Waals surface area contributed by atoms with Gasteiger partial charge in [0.05, 0.1) is 23.9 Å². The van der Waals surface area contributed by atoms with Crippen LogP contribution in [-0.4, -0.2) is 47.3 Å². The molecule has 0 radical (unpaired) electrons. The van der Waals surface area contributed by atoms with Gasteiger partial charge >= 0.3 is 0 Å². The summed E-state index contributed by atoms with van der Waals surface area (Å²) in [4.78, 5) is 14.5. The van der Waals surface area contributed by atoms with E-state index in [0.29, 0.717) is 10.2 Å². The molecule has 116 valence electrons. The van der Waals surface area contributed by atoms with E-state index < -0.39 is 0 Å². The van der Waals surface area contributed by atoms with Crippen LogP contribution >= 0.6 is 15.9 Å². The molecule has 1 amide bonds. The lowest BCUT2D eigenvalue weighted by atomic mass is 10.1. The van der Waals surface area contributed by atoms with Crippen LogP contribution in [0.1, 0.15) is 16.1 Å². The predicted molar refractivity (Wildman–Crippen MR) is 86.8 cm³/mol. The van der Waals surface area contributed by atoms with Crippen molar-refractivity contribution in [3.8, 4) is 0 Å². The number of hydrogen-bond acceptors (Lipinski definition) is 4. The fourth-order valence-electron chi connectivity index (χ4n) is 2.39. The number of anilines is 1. The highest BCUT2D eigenvalue weighted by Crippen LogP contribution is 2.17. The molecule has 1 aliphatic heterocycles. The molecule has 1 aliphatic rings. The van der Waals surface area contributed by atoms with E-state index in [-0.39, 0.29) is 5.91 Å². The topological polar surface area (TPSA) is 70.2 Å². The van der Waals surface area contributed by atoms with Crippen molar-refractivity contribution >= 4 is 27.5 Å². The summed E-state index contributed by atoms with van der Waals surface area (Å²) >= 11 is 3.29. The summed E-state index contributed by atoms with van der Waals surface area (Å²) in [7, 11) is 0. The number of morpholine rings is 1. The predicted octanol–water partition coefficient (Wildman–Crippen LogP) is 2.26. The fraction of sp³-hybridized carbons (Fsp3) is 0.333. The molecule has 2 heterocycles. The Bertz CT molecular complexity index is 652. The van der Waals surface area contributed by atoms with E-state index in [1.54, 1.807) is 6.20 Å². The molecule has 2 aromatic rings. The molecular weight excluding hydrogens is 348 g/mol. The highest BCUT2D eigenvalue weighted by atomic mass is 79.9. The monoisotopic (exact) mass is 364 g/mol. The molecule has 1 aromatic heterocycles. The van der Waals surface area contributed by atoms with Gasteiger partial charge in [0.2, 0.25) is 0 Å². The third-order valence-electron chi connectivity index (χ3n) is 3.51. The van der Waals surface area contributed by atoms with Gasteiger partial charge in [0, 0.05) is 25.3 Å². The number of amides is 1. The van der Waals surface area contributed by atoms with Crippen molar-refractivity contribution < 1.29 is 9.53 Å². The van der Waals surface area contributed by atoms with Gasteiger partial charge in [-0.05, 0) is 33.6 Å². The van der Waals surface area contributed by atoms with E-state index in [2.05, 4.69) is 42.4 Å². The van der Waals surface area contributed by atoms with Gasteiger partial charge in [-0.25, -0.2) is 0 Å². The Balaban J connectivity index is 1.66. The number of halogens is 1. The molecule has 0 aliphatic carbocycles. The van der Waals surface area contributed by atoms with Gasteiger partial charge in [0.15, 0.2) is 0 Å². The number of rotatable bonds is 4. The zero-order chi connectivity index (χ0) is 15.4. The van der Waals surface area contributed by atoms with Gasteiger partial charge < -0.3 is 10.1 Å². The molecular formula is C15H17BrN4O2. The zero-order valence-electron chi connectivity index (χ0n) is 12.0. The number of nitrogens with zero attached hydrogens (tertiary/aromatic N) is 2. The summed E-state index contributed by atoms with van der Waals surface area (Å²) in [6, 6.07) is 7.90. The second kappa shape index (κ2) is 7.04. The number of H-pyrrole nitrogens is 1. The summed E-state index contributed by atoms with van der Waals surface area (Å²) < 4.78 is 6.00. The van der Waals surface area contributed by atoms with Crippen LogP contribution in [0.4, 0.5) is 5.69 Å². The van der Waals surface area contributed by atoms with Crippen LogP contribution < -0.4 is 5.32 Å². The van der Waals surface area contributed by atoms with Gasteiger partial charge in [0.1, 0.15) is 5.69 Å². The molecule has 6 nitrogen and oxygen atoms in total. The Kier molecular flexibility index (Phi) is 4.87. The van der Waals surface area contributed by atoms with E-state index in [4.69, 9.17) is 4.74 Å². The smallest absolute Gasteiger partial charge is 0.274 e. The third-order valence-corrected chi connectivity index (χ3v) is 4.12. The molecule has 1 aromatic carbocycles. The number of carbonyl (C=O) groups is 1. The van der Waals surface area contributed by atoms with Gasteiger partial charge in [-0.3, -0.25) is 14.8 Å². The van der Waals surface area contributed by atoms with Crippen molar-refractivity contribution in [2.24, 2.45) is 0 Å². The summed E-state index contributed by atoms with van der Waals surface area (Å²) in [5, 5.41) is 9.38. The summed E-state index contributed by atoms with van der Waals surface area (Å²) in [6.07, 6.45) is 1.56. The van der Waals surface area contributed by atoms with Crippen LogP contribution in [0.25, 0.3) is 0 Å². The molecule has 2 N–H and O–H groups in total. The third kappa shape index (κ3) is 3.73. The maximum absolute atomic E-state index is 12.2. The van der Waals surface area contributed by atoms with Crippen molar-refractivity contribution in [3.63, 3.8) is 0 Å². The molecule has 0 spiro atoms. The second-order valence-corrected chi connectivity index (χ2v) is 5.99. The van der Waals surface area contributed by atoms with Crippen LogP contribution in [0, 0.1) is 0 Å². The first-order valence-corrected chi connectivity index (χ1v) is 7.91. The fourth-order valence-corrected chi connectivity index (χ4v) is 2.76. The molecule has 22 heavy (non-hydrogen) atoms. The maximum Gasteiger partial charge on any atom is 0.274 e. The van der Waals surface area contributed by atoms with E-state index in [1.165, 1.54) is 5.56 Å². The number of aromatic amines is 1. The minimum atomic E-state index is -0.215. The minimum absolute atomic E-state index is 0.215. The first-order valence-electron chi connectivity index (χ1n) is 7.11. The Hall–Kier alpha value is -1.70. The number of hydrogen-bond donors (Lipinski definition) is 2. The van der Waals surface area contributed by atoms with Crippen molar-refractivity contribution in [2.75, 3.05) is 31.6 Å². The van der Waals surface area contributed by atoms with Gasteiger partial charge in [-0.15, -0.1) is 0 Å². The molecule has 1 fully saturated rings. The summed E-state index contributed by atoms with van der Waals surface area (Å²) in [6.45, 7) is 4.31. The lowest BCUT2D eigenvalue weighted by Crippen LogP contribution is -2.35. The SMILES string of the molecule is O=C(Nc1cccc(CN2CCOCC2)c1)c1[nH]ncc1Br. The molecule has 0 atom stereocenters. The Morgan fingerprint density at radius 1 is 1.41 bits per heavy atom. The Morgan fingerprint density at radius 3 is 2.95 bits per heavy atom. The van der Waals surface area contributed by atoms with Crippen molar-refractivity contribution in [2.45, 2.75) is 6.54 Å². The molecule has 0 unspecified atom stereocenters. The minimum Gasteiger partial charge on any atom is -0.379 e. The lowest BCUT2D eigenvalue weighted by molar-refractivity contribution is 0.0342. The molecule has 3 rings (SSSR count). The van der Waals surface area contributed by atoms with Crippen LogP contribution in [-0.2, 0) is 11.3 Å². The molecule has 7 heteroatoms. The van der Waals surface area contributed by atoms with Gasteiger partial charge in [-0.1, -0.05) is 12.1 Å². The van der Waals surface area contributed by atoms with Gasteiger partial charge in [0.25, 0.3) is 5.91 Å². The Morgan fingerprint density at radius 2 is 2.23 bits per heavy atom.